The average molecular weight is 458 g/mol. The molecule has 0 atom stereocenters. The van der Waals surface area contributed by atoms with Gasteiger partial charge in [-0.1, -0.05) is 12.1 Å². The van der Waals surface area contributed by atoms with Gasteiger partial charge in [0, 0.05) is 47.9 Å². The number of halogens is 1. The molecule has 0 aliphatic carbocycles. The molecular weight excluding hydrogens is 439 g/mol. The molecule has 1 fully saturated rings. The number of rotatable bonds is 3. The molecule has 0 radical (unpaired) electrons. The number of piperazine rings is 1. The van der Waals surface area contributed by atoms with Crippen LogP contribution >= 0.6 is 22.6 Å². The van der Waals surface area contributed by atoms with Crippen molar-refractivity contribution in [3.05, 3.63) is 69.6 Å². The number of fused-ring (bicyclic) bond motifs is 1. The number of pyridine rings is 2. The normalized spacial score (nSPS) is 15.3. The maximum absolute atomic E-state index is 12.8. The van der Waals surface area contributed by atoms with Gasteiger partial charge in [-0.25, -0.2) is 9.97 Å². The number of nitrogens with zero attached hydrogens (tertiary/aromatic N) is 4. The van der Waals surface area contributed by atoms with E-state index in [1.807, 2.05) is 23.1 Å². The van der Waals surface area contributed by atoms with Crippen molar-refractivity contribution in [2.75, 3.05) is 26.2 Å². The number of carbonyl (C=O) groups excluding carboxylic acids is 1. The summed E-state index contributed by atoms with van der Waals surface area (Å²) in [5.74, 6) is -0.00790. The van der Waals surface area contributed by atoms with E-state index in [4.69, 9.17) is 0 Å². The molecule has 1 saturated heterocycles. The summed E-state index contributed by atoms with van der Waals surface area (Å²) in [5.41, 5.74) is 2.41. The van der Waals surface area contributed by atoms with Crippen molar-refractivity contribution in [2.45, 2.75) is 6.54 Å². The zero-order valence-electron chi connectivity index (χ0n) is 14.3. The molecule has 3 aromatic rings. The lowest BCUT2D eigenvalue weighted by Gasteiger charge is -2.34. The lowest BCUT2D eigenvalue weighted by Crippen LogP contribution is -2.48. The summed E-state index contributed by atoms with van der Waals surface area (Å²) in [6.07, 6.45) is 1.70. The zero-order chi connectivity index (χ0) is 17.9. The molecule has 26 heavy (non-hydrogen) atoms. The second-order valence-corrected chi connectivity index (χ2v) is 7.69. The van der Waals surface area contributed by atoms with Gasteiger partial charge in [-0.15, -0.1) is 0 Å². The summed E-state index contributed by atoms with van der Waals surface area (Å²) in [6, 6.07) is 16.1. The van der Waals surface area contributed by atoms with Crippen molar-refractivity contribution in [1.82, 2.24) is 19.8 Å². The number of hydrogen-bond acceptors (Lipinski definition) is 4. The first-order valence-corrected chi connectivity index (χ1v) is 9.75. The van der Waals surface area contributed by atoms with Gasteiger partial charge in [-0.05, 0) is 64.6 Å². The predicted octanol–water partition coefficient (Wildman–Crippen LogP) is 3.19. The minimum absolute atomic E-state index is 0.00790. The van der Waals surface area contributed by atoms with Crippen molar-refractivity contribution in [1.29, 1.82) is 0 Å². The van der Waals surface area contributed by atoms with E-state index in [1.165, 1.54) is 9.13 Å². The van der Waals surface area contributed by atoms with Crippen LogP contribution in [0, 0.1) is 3.57 Å². The minimum Gasteiger partial charge on any atom is -0.335 e. The van der Waals surface area contributed by atoms with Crippen LogP contribution in [0.3, 0.4) is 0 Å². The fraction of sp³-hybridized carbons (Fsp3) is 0.250. The lowest BCUT2D eigenvalue weighted by atomic mass is 10.2. The topological polar surface area (TPSA) is 49.3 Å². The van der Waals surface area contributed by atoms with Gasteiger partial charge in [0.2, 0.25) is 0 Å². The Morgan fingerprint density at radius 3 is 2.54 bits per heavy atom. The number of amides is 1. The third-order valence-electron chi connectivity index (χ3n) is 4.66. The number of hydrogen-bond donors (Lipinski definition) is 0. The Morgan fingerprint density at radius 1 is 1.00 bits per heavy atom. The van der Waals surface area contributed by atoms with E-state index in [9.17, 15) is 4.79 Å². The lowest BCUT2D eigenvalue weighted by molar-refractivity contribution is 0.0623. The third-order valence-corrected chi connectivity index (χ3v) is 5.38. The minimum atomic E-state index is -0.00790. The third kappa shape index (κ3) is 3.86. The smallest absolute Gasteiger partial charge is 0.272 e. The van der Waals surface area contributed by atoms with E-state index in [2.05, 4.69) is 61.7 Å². The second-order valence-electron chi connectivity index (χ2n) is 6.44. The van der Waals surface area contributed by atoms with E-state index in [0.29, 0.717) is 11.3 Å². The molecule has 0 bridgehead atoms. The highest BCUT2D eigenvalue weighted by Crippen LogP contribution is 2.14. The van der Waals surface area contributed by atoms with Gasteiger partial charge in [0.15, 0.2) is 5.65 Å². The molecule has 6 heteroatoms. The largest absolute Gasteiger partial charge is 0.335 e. The van der Waals surface area contributed by atoms with Gasteiger partial charge in [0.25, 0.3) is 5.91 Å². The van der Waals surface area contributed by atoms with Crippen LogP contribution in [0.2, 0.25) is 0 Å². The Kier molecular flexibility index (Phi) is 5.12. The van der Waals surface area contributed by atoms with Crippen molar-refractivity contribution < 1.29 is 4.79 Å². The van der Waals surface area contributed by atoms with Crippen LogP contribution < -0.4 is 0 Å². The van der Waals surface area contributed by atoms with Crippen LogP contribution in [0.15, 0.2) is 54.7 Å². The van der Waals surface area contributed by atoms with Crippen molar-refractivity contribution in [3.8, 4) is 0 Å². The quantitative estimate of drug-likeness (QED) is 0.566. The molecule has 3 heterocycles. The Morgan fingerprint density at radius 2 is 1.77 bits per heavy atom. The fourth-order valence-electron chi connectivity index (χ4n) is 3.19. The van der Waals surface area contributed by atoms with Crippen LogP contribution in [0.5, 0.6) is 0 Å². The number of aromatic nitrogens is 2. The summed E-state index contributed by atoms with van der Waals surface area (Å²) < 4.78 is 1.25. The van der Waals surface area contributed by atoms with Crippen LogP contribution in [-0.2, 0) is 6.54 Å². The van der Waals surface area contributed by atoms with E-state index in [1.54, 1.807) is 12.3 Å². The first-order chi connectivity index (χ1) is 12.7. The summed E-state index contributed by atoms with van der Waals surface area (Å²) in [7, 11) is 0. The molecule has 0 N–H and O–H groups in total. The maximum Gasteiger partial charge on any atom is 0.272 e. The van der Waals surface area contributed by atoms with E-state index >= 15 is 0 Å². The van der Waals surface area contributed by atoms with Gasteiger partial charge >= 0.3 is 0 Å². The maximum atomic E-state index is 12.8. The molecular formula is C20H19IN4O. The van der Waals surface area contributed by atoms with Gasteiger partial charge < -0.3 is 4.90 Å². The second kappa shape index (κ2) is 7.67. The van der Waals surface area contributed by atoms with E-state index in [-0.39, 0.29) is 5.91 Å². The first-order valence-electron chi connectivity index (χ1n) is 8.67. The molecule has 0 saturated carbocycles. The van der Waals surface area contributed by atoms with Crippen LogP contribution in [0.4, 0.5) is 0 Å². The highest BCUT2D eigenvalue weighted by molar-refractivity contribution is 14.1. The van der Waals surface area contributed by atoms with E-state index in [0.717, 1.165) is 38.1 Å². The first kappa shape index (κ1) is 17.4. The average Bonchev–Trinajstić information content (AvgIpc) is 2.69. The Bertz CT molecular complexity index is 921. The fourth-order valence-corrected chi connectivity index (χ4v) is 3.55. The van der Waals surface area contributed by atoms with Gasteiger partial charge in [-0.3, -0.25) is 9.69 Å². The standard InChI is InChI=1S/C20H19IN4O/c21-17-6-3-15(4-7-17)14-24-10-12-25(13-11-24)20(26)18-8-5-16-2-1-9-22-19(16)23-18/h1-9H,10-14H2. The van der Waals surface area contributed by atoms with Crippen LogP contribution in [0.25, 0.3) is 11.0 Å². The summed E-state index contributed by atoms with van der Waals surface area (Å²) >= 11 is 2.32. The van der Waals surface area contributed by atoms with Crippen LogP contribution in [-0.4, -0.2) is 51.9 Å². The SMILES string of the molecule is O=C(c1ccc2cccnc2n1)N1CCN(Cc2ccc(I)cc2)CC1. The summed E-state index contributed by atoms with van der Waals surface area (Å²) in [4.78, 5) is 25.7. The van der Waals surface area contributed by atoms with Gasteiger partial charge in [-0.2, -0.15) is 0 Å². The molecule has 2 aromatic heterocycles. The van der Waals surface area contributed by atoms with E-state index < -0.39 is 0 Å². The van der Waals surface area contributed by atoms with Crippen LogP contribution in [0.1, 0.15) is 16.1 Å². The molecule has 0 unspecified atom stereocenters. The van der Waals surface area contributed by atoms with Gasteiger partial charge in [0.1, 0.15) is 5.69 Å². The molecule has 4 rings (SSSR count). The van der Waals surface area contributed by atoms with Gasteiger partial charge in [0.05, 0.1) is 0 Å². The van der Waals surface area contributed by atoms with Crippen molar-refractivity contribution in [3.63, 3.8) is 0 Å². The number of carbonyl (C=O) groups is 1. The Hall–Kier alpha value is -2.06. The molecule has 1 aliphatic rings. The molecule has 5 nitrogen and oxygen atoms in total. The van der Waals surface area contributed by atoms with Crippen molar-refractivity contribution >= 4 is 39.5 Å². The molecule has 1 amide bonds. The predicted molar refractivity (Wildman–Crippen MR) is 110 cm³/mol. The Balaban J connectivity index is 1.38. The highest BCUT2D eigenvalue weighted by Gasteiger charge is 2.23. The molecule has 132 valence electrons. The summed E-state index contributed by atoms with van der Waals surface area (Å²) in [5, 5.41) is 0.950. The highest BCUT2D eigenvalue weighted by atomic mass is 127. The molecule has 1 aliphatic heterocycles. The Labute approximate surface area is 166 Å². The monoisotopic (exact) mass is 458 g/mol. The zero-order valence-corrected chi connectivity index (χ0v) is 16.5. The van der Waals surface area contributed by atoms with Crippen molar-refractivity contribution in [2.24, 2.45) is 0 Å². The summed E-state index contributed by atoms with van der Waals surface area (Å²) in [6.45, 7) is 4.14. The number of benzene rings is 1. The molecule has 1 aromatic carbocycles. The molecule has 0 spiro atoms.